The molecular weight excluding hydrogens is 199 g/mol. The molecule has 1 aliphatic carbocycles. The third kappa shape index (κ3) is 1.30. The molecule has 0 radical (unpaired) electrons. The highest BCUT2D eigenvalue weighted by Crippen LogP contribution is 2.68. The van der Waals surface area contributed by atoms with E-state index in [0.717, 1.165) is 25.7 Å². The van der Waals surface area contributed by atoms with Crippen molar-refractivity contribution in [2.24, 2.45) is 0 Å². The molecule has 0 aromatic carbocycles. The van der Waals surface area contributed by atoms with E-state index in [4.69, 9.17) is 9.05 Å². The largest absolute Gasteiger partial charge is 0.354 e. The zero-order valence-corrected chi connectivity index (χ0v) is 9.68. The average molecular weight is 216 g/mol. The van der Waals surface area contributed by atoms with Gasteiger partial charge in [-0.15, -0.1) is 0 Å². The summed E-state index contributed by atoms with van der Waals surface area (Å²) in [7, 11) is -3.02. The molecule has 2 unspecified atom stereocenters. The van der Waals surface area contributed by atoms with E-state index in [1.54, 1.807) is 0 Å². The molecule has 80 valence electrons. The lowest BCUT2D eigenvalue weighted by molar-refractivity contribution is -0.0556. The van der Waals surface area contributed by atoms with Crippen LogP contribution in [0.3, 0.4) is 0 Å². The quantitative estimate of drug-likeness (QED) is 0.629. The maximum atomic E-state index is 12.0. The van der Waals surface area contributed by atoms with Gasteiger partial charge in [-0.3, -0.25) is 13.6 Å². The van der Waals surface area contributed by atoms with Gasteiger partial charge in [0.1, 0.15) is 11.2 Å². The van der Waals surface area contributed by atoms with Gasteiger partial charge in [0, 0.05) is 5.82 Å². The third-order valence-corrected chi connectivity index (χ3v) is 5.32. The Balaban J connectivity index is 2.36. The first kappa shape index (κ1) is 10.4. The second kappa shape index (κ2) is 2.94. The minimum absolute atomic E-state index is 0.394. The number of hydrogen-bond donors (Lipinski definition) is 0. The van der Waals surface area contributed by atoms with E-state index in [9.17, 15) is 4.57 Å². The second-order valence-electron chi connectivity index (χ2n) is 4.57. The molecule has 3 nitrogen and oxygen atoms in total. The van der Waals surface area contributed by atoms with Gasteiger partial charge in [-0.05, 0) is 26.7 Å². The Kier molecular flexibility index (Phi) is 2.19. The molecule has 0 amide bonds. The summed E-state index contributed by atoms with van der Waals surface area (Å²) in [6, 6.07) is 0. The van der Waals surface area contributed by atoms with Crippen LogP contribution in [-0.2, 0) is 13.6 Å². The first-order chi connectivity index (χ1) is 6.43. The monoisotopic (exact) mass is 216 g/mol. The molecule has 4 heteroatoms. The van der Waals surface area contributed by atoms with Crippen molar-refractivity contribution in [2.45, 2.75) is 50.7 Å². The van der Waals surface area contributed by atoms with Crippen LogP contribution in [0.25, 0.3) is 0 Å². The van der Waals surface area contributed by atoms with Gasteiger partial charge in [-0.25, -0.2) is 0 Å². The maximum absolute atomic E-state index is 12.0. The highest BCUT2D eigenvalue weighted by molar-refractivity contribution is 7.57. The SMILES string of the molecule is C=CP1(=O)OC2(C)CCCCC2(C)O1. The Hall–Kier alpha value is -0.110. The lowest BCUT2D eigenvalue weighted by atomic mass is 9.74. The van der Waals surface area contributed by atoms with Crippen LogP contribution in [-0.4, -0.2) is 11.2 Å². The molecule has 2 rings (SSSR count). The summed E-state index contributed by atoms with van der Waals surface area (Å²) in [6.45, 7) is 7.51. The van der Waals surface area contributed by atoms with Gasteiger partial charge in [0.2, 0.25) is 0 Å². The minimum Gasteiger partial charge on any atom is -0.296 e. The second-order valence-corrected chi connectivity index (χ2v) is 6.38. The van der Waals surface area contributed by atoms with E-state index in [1.807, 2.05) is 13.8 Å². The van der Waals surface area contributed by atoms with Crippen LogP contribution in [0.1, 0.15) is 39.5 Å². The molecule has 0 aromatic heterocycles. The highest BCUT2D eigenvalue weighted by atomic mass is 31.2. The minimum atomic E-state index is -3.02. The van der Waals surface area contributed by atoms with Gasteiger partial charge < -0.3 is 0 Å². The fourth-order valence-corrected chi connectivity index (χ4v) is 4.27. The van der Waals surface area contributed by atoms with Crippen molar-refractivity contribution < 1.29 is 13.6 Å². The Bertz CT molecular complexity index is 290. The van der Waals surface area contributed by atoms with Gasteiger partial charge in [0.25, 0.3) is 0 Å². The molecule has 0 bridgehead atoms. The fraction of sp³-hybridized carbons (Fsp3) is 0.800. The Morgan fingerprint density at radius 1 is 1.21 bits per heavy atom. The first-order valence-corrected chi connectivity index (χ1v) is 6.69. The van der Waals surface area contributed by atoms with E-state index in [2.05, 4.69) is 6.58 Å². The summed E-state index contributed by atoms with van der Waals surface area (Å²) < 4.78 is 23.2. The standard InChI is InChI=1S/C10H17O3P/c1-4-14(11)12-9(2)7-5-6-8-10(9,3)13-14/h4H,1,5-8H2,2-3H3. The van der Waals surface area contributed by atoms with Gasteiger partial charge in [0.15, 0.2) is 0 Å². The van der Waals surface area contributed by atoms with Crippen molar-refractivity contribution in [3.8, 4) is 0 Å². The van der Waals surface area contributed by atoms with E-state index >= 15 is 0 Å². The van der Waals surface area contributed by atoms with Crippen LogP contribution in [0.4, 0.5) is 0 Å². The van der Waals surface area contributed by atoms with Crippen LogP contribution >= 0.6 is 7.60 Å². The first-order valence-electron chi connectivity index (χ1n) is 5.08. The summed E-state index contributed by atoms with van der Waals surface area (Å²) in [5.74, 6) is 1.32. The predicted octanol–water partition coefficient (Wildman–Crippen LogP) is 3.46. The summed E-state index contributed by atoms with van der Waals surface area (Å²) in [5, 5.41) is 0. The molecule has 1 heterocycles. The molecule has 2 atom stereocenters. The third-order valence-electron chi connectivity index (χ3n) is 3.56. The summed E-state index contributed by atoms with van der Waals surface area (Å²) in [5.41, 5.74) is -0.788. The summed E-state index contributed by atoms with van der Waals surface area (Å²) in [4.78, 5) is 0. The van der Waals surface area contributed by atoms with Crippen LogP contribution in [0.15, 0.2) is 12.4 Å². The van der Waals surface area contributed by atoms with E-state index in [0.29, 0.717) is 0 Å². The Morgan fingerprint density at radius 2 is 1.64 bits per heavy atom. The van der Waals surface area contributed by atoms with Crippen LogP contribution in [0.2, 0.25) is 0 Å². The van der Waals surface area contributed by atoms with Crippen LogP contribution in [0, 0.1) is 0 Å². The normalized spacial score (nSPS) is 52.7. The van der Waals surface area contributed by atoms with Crippen LogP contribution < -0.4 is 0 Å². The average Bonchev–Trinajstić information content (AvgIpc) is 2.32. The van der Waals surface area contributed by atoms with Crippen molar-refractivity contribution in [1.82, 2.24) is 0 Å². The molecule has 1 aliphatic heterocycles. The van der Waals surface area contributed by atoms with Crippen molar-refractivity contribution in [3.05, 3.63) is 12.4 Å². The lowest BCUT2D eigenvalue weighted by Crippen LogP contribution is -2.49. The molecule has 0 spiro atoms. The van der Waals surface area contributed by atoms with E-state index in [-0.39, 0.29) is 0 Å². The predicted molar refractivity (Wildman–Crippen MR) is 55.3 cm³/mol. The van der Waals surface area contributed by atoms with Crippen molar-refractivity contribution in [1.29, 1.82) is 0 Å². The van der Waals surface area contributed by atoms with Gasteiger partial charge in [-0.1, -0.05) is 19.4 Å². The molecule has 1 saturated heterocycles. The van der Waals surface area contributed by atoms with E-state index in [1.165, 1.54) is 5.82 Å². The van der Waals surface area contributed by atoms with Crippen LogP contribution in [0.5, 0.6) is 0 Å². The molecule has 1 saturated carbocycles. The van der Waals surface area contributed by atoms with Gasteiger partial charge in [-0.2, -0.15) is 0 Å². The highest BCUT2D eigenvalue weighted by Gasteiger charge is 2.60. The topological polar surface area (TPSA) is 35.5 Å². The lowest BCUT2D eigenvalue weighted by Gasteiger charge is -2.40. The summed E-state index contributed by atoms with van der Waals surface area (Å²) in [6.07, 6.45) is 4.07. The Labute approximate surface area is 85.0 Å². The molecule has 14 heavy (non-hydrogen) atoms. The Morgan fingerprint density at radius 3 is 2.00 bits per heavy atom. The van der Waals surface area contributed by atoms with Crippen molar-refractivity contribution in [3.63, 3.8) is 0 Å². The molecule has 2 fully saturated rings. The number of rotatable bonds is 1. The zero-order chi connectivity index (χ0) is 10.4. The number of fused-ring (bicyclic) bond motifs is 1. The molecular formula is C10H17O3P. The van der Waals surface area contributed by atoms with Crippen molar-refractivity contribution >= 4 is 7.60 Å². The molecule has 0 aromatic rings. The van der Waals surface area contributed by atoms with E-state index < -0.39 is 18.8 Å². The maximum Gasteiger partial charge on any atom is 0.354 e. The zero-order valence-electron chi connectivity index (χ0n) is 8.78. The van der Waals surface area contributed by atoms with Crippen molar-refractivity contribution in [2.75, 3.05) is 0 Å². The van der Waals surface area contributed by atoms with Gasteiger partial charge >= 0.3 is 7.60 Å². The molecule has 0 N–H and O–H groups in total. The summed E-state index contributed by atoms with van der Waals surface area (Å²) >= 11 is 0. The van der Waals surface area contributed by atoms with Gasteiger partial charge in [0.05, 0.1) is 0 Å². The number of hydrogen-bond acceptors (Lipinski definition) is 3. The fourth-order valence-electron chi connectivity index (χ4n) is 2.39. The molecule has 2 aliphatic rings. The smallest absolute Gasteiger partial charge is 0.296 e.